The highest BCUT2D eigenvalue weighted by Crippen LogP contribution is 2.27. The third-order valence-corrected chi connectivity index (χ3v) is 5.90. The third kappa shape index (κ3) is 3.49. The predicted molar refractivity (Wildman–Crippen MR) is 80.1 cm³/mol. The molecule has 0 aliphatic heterocycles. The molecule has 1 aromatic carbocycles. The molecule has 21 heavy (non-hydrogen) atoms. The topological polar surface area (TPSA) is 66.4 Å². The second-order valence-corrected chi connectivity index (χ2v) is 7.68. The molecular formula is C14H16FNO3S2. The summed E-state index contributed by atoms with van der Waals surface area (Å²) in [5, 5.41) is 9.08. The fraction of sp³-hybridized carbons (Fsp3) is 0.286. The van der Waals surface area contributed by atoms with Gasteiger partial charge in [0.2, 0.25) is 10.0 Å². The fourth-order valence-electron chi connectivity index (χ4n) is 2.05. The Hall–Kier alpha value is -1.28. The number of thiophene rings is 1. The van der Waals surface area contributed by atoms with Crippen molar-refractivity contribution in [1.29, 1.82) is 0 Å². The standard InChI is InChI=1S/C14H16FNO3S2/c1-9(12-5-3-4-6-13(12)15)16-21(18,19)14-7-11(8-17)20-10(14)2/h3-7,9,16-17H,8H2,1-2H3. The summed E-state index contributed by atoms with van der Waals surface area (Å²) < 4.78 is 40.9. The van der Waals surface area contributed by atoms with E-state index in [1.165, 1.54) is 23.5 Å². The van der Waals surface area contributed by atoms with E-state index in [2.05, 4.69) is 4.72 Å². The number of hydrogen-bond acceptors (Lipinski definition) is 4. The lowest BCUT2D eigenvalue weighted by molar-refractivity contribution is 0.285. The number of nitrogens with one attached hydrogen (secondary N) is 1. The number of rotatable bonds is 5. The van der Waals surface area contributed by atoms with Crippen LogP contribution < -0.4 is 4.72 Å². The van der Waals surface area contributed by atoms with Crippen LogP contribution in [0.3, 0.4) is 0 Å². The van der Waals surface area contributed by atoms with Gasteiger partial charge in [-0.25, -0.2) is 17.5 Å². The Morgan fingerprint density at radius 2 is 2.05 bits per heavy atom. The number of hydrogen-bond donors (Lipinski definition) is 2. The van der Waals surface area contributed by atoms with Crippen molar-refractivity contribution >= 4 is 21.4 Å². The van der Waals surface area contributed by atoms with Crippen molar-refractivity contribution in [2.45, 2.75) is 31.4 Å². The van der Waals surface area contributed by atoms with E-state index in [0.717, 1.165) is 0 Å². The first-order valence-corrected chi connectivity index (χ1v) is 8.62. The van der Waals surface area contributed by atoms with Crippen LogP contribution >= 0.6 is 11.3 Å². The van der Waals surface area contributed by atoms with Crippen molar-refractivity contribution in [1.82, 2.24) is 4.72 Å². The van der Waals surface area contributed by atoms with E-state index in [1.807, 2.05) is 0 Å². The van der Waals surface area contributed by atoms with Gasteiger partial charge in [-0.1, -0.05) is 18.2 Å². The van der Waals surface area contributed by atoms with Crippen LogP contribution in [0.25, 0.3) is 0 Å². The third-order valence-electron chi connectivity index (χ3n) is 3.07. The molecule has 0 saturated carbocycles. The van der Waals surface area contributed by atoms with E-state index in [1.54, 1.807) is 32.0 Å². The van der Waals surface area contributed by atoms with E-state index >= 15 is 0 Å². The SMILES string of the molecule is Cc1sc(CO)cc1S(=O)(=O)NC(C)c1ccccc1F. The Balaban J connectivity index is 2.29. The van der Waals surface area contributed by atoms with E-state index in [9.17, 15) is 12.8 Å². The van der Waals surface area contributed by atoms with Gasteiger partial charge in [-0.15, -0.1) is 11.3 Å². The fourth-order valence-corrected chi connectivity index (χ4v) is 4.77. The smallest absolute Gasteiger partial charge is 0.242 e. The number of aryl methyl sites for hydroxylation is 1. The summed E-state index contributed by atoms with van der Waals surface area (Å²) in [6.45, 7) is 3.06. The van der Waals surface area contributed by atoms with Crippen LogP contribution in [0.5, 0.6) is 0 Å². The second kappa shape index (κ2) is 6.23. The minimum absolute atomic E-state index is 0.125. The summed E-state index contributed by atoms with van der Waals surface area (Å²) in [6.07, 6.45) is 0. The van der Waals surface area contributed by atoms with Gasteiger partial charge in [-0.05, 0) is 26.0 Å². The molecule has 2 aromatic rings. The van der Waals surface area contributed by atoms with E-state index in [-0.39, 0.29) is 17.1 Å². The highest BCUT2D eigenvalue weighted by Gasteiger charge is 2.23. The Bertz CT molecular complexity index is 740. The Kier molecular flexibility index (Phi) is 4.77. The summed E-state index contributed by atoms with van der Waals surface area (Å²) in [4.78, 5) is 1.29. The van der Waals surface area contributed by atoms with Crippen molar-refractivity contribution in [3.05, 3.63) is 51.5 Å². The van der Waals surface area contributed by atoms with Crippen LogP contribution in [-0.2, 0) is 16.6 Å². The molecule has 0 saturated heterocycles. The number of halogens is 1. The summed E-state index contributed by atoms with van der Waals surface area (Å²) >= 11 is 1.22. The first kappa shape index (κ1) is 16.1. The first-order valence-electron chi connectivity index (χ1n) is 6.32. The molecule has 114 valence electrons. The van der Waals surface area contributed by atoms with Gasteiger partial charge < -0.3 is 5.11 Å². The van der Waals surface area contributed by atoms with Gasteiger partial charge in [0, 0.05) is 21.4 Å². The summed E-state index contributed by atoms with van der Waals surface area (Å²) in [6, 6.07) is 6.80. The molecule has 0 fully saturated rings. The Morgan fingerprint density at radius 3 is 2.62 bits per heavy atom. The Labute approximate surface area is 127 Å². The Morgan fingerprint density at radius 1 is 1.38 bits per heavy atom. The van der Waals surface area contributed by atoms with Crippen LogP contribution in [0.4, 0.5) is 4.39 Å². The molecule has 0 aliphatic carbocycles. The van der Waals surface area contributed by atoms with E-state index in [0.29, 0.717) is 9.75 Å². The maximum atomic E-state index is 13.7. The highest BCUT2D eigenvalue weighted by atomic mass is 32.2. The monoisotopic (exact) mass is 329 g/mol. The molecular weight excluding hydrogens is 313 g/mol. The minimum Gasteiger partial charge on any atom is -0.391 e. The van der Waals surface area contributed by atoms with Crippen molar-refractivity contribution in [2.24, 2.45) is 0 Å². The van der Waals surface area contributed by atoms with Crippen molar-refractivity contribution in [3.8, 4) is 0 Å². The lowest BCUT2D eigenvalue weighted by atomic mass is 10.1. The molecule has 7 heteroatoms. The lowest BCUT2D eigenvalue weighted by Gasteiger charge is -2.15. The molecule has 0 amide bonds. The van der Waals surface area contributed by atoms with Crippen molar-refractivity contribution in [2.75, 3.05) is 0 Å². The van der Waals surface area contributed by atoms with Gasteiger partial charge in [0.25, 0.3) is 0 Å². The summed E-state index contributed by atoms with van der Waals surface area (Å²) in [5.41, 5.74) is 0.288. The number of sulfonamides is 1. The van der Waals surface area contributed by atoms with Crippen LogP contribution in [-0.4, -0.2) is 13.5 Å². The molecule has 1 unspecified atom stereocenters. The molecule has 0 aliphatic rings. The van der Waals surface area contributed by atoms with Gasteiger partial charge in [0.1, 0.15) is 5.82 Å². The normalized spacial score (nSPS) is 13.3. The summed E-state index contributed by atoms with van der Waals surface area (Å²) in [7, 11) is -3.76. The molecule has 4 nitrogen and oxygen atoms in total. The van der Waals surface area contributed by atoms with E-state index < -0.39 is 21.9 Å². The predicted octanol–water partition coefficient (Wildman–Crippen LogP) is 2.73. The van der Waals surface area contributed by atoms with Gasteiger partial charge in [0.15, 0.2) is 0 Å². The number of aliphatic hydroxyl groups is 1. The number of benzene rings is 1. The molecule has 2 N–H and O–H groups in total. The molecule has 0 radical (unpaired) electrons. The lowest BCUT2D eigenvalue weighted by Crippen LogP contribution is -2.27. The zero-order chi connectivity index (χ0) is 15.6. The van der Waals surface area contributed by atoms with Crippen molar-refractivity contribution < 1.29 is 17.9 Å². The molecule has 1 heterocycles. The number of aliphatic hydroxyl groups excluding tert-OH is 1. The summed E-state index contributed by atoms with van der Waals surface area (Å²) in [5.74, 6) is -0.453. The van der Waals surface area contributed by atoms with Crippen LogP contribution in [0.1, 0.15) is 28.3 Å². The average molecular weight is 329 g/mol. The quantitative estimate of drug-likeness (QED) is 0.886. The minimum atomic E-state index is -3.76. The van der Waals surface area contributed by atoms with Crippen molar-refractivity contribution in [3.63, 3.8) is 0 Å². The highest BCUT2D eigenvalue weighted by molar-refractivity contribution is 7.89. The van der Waals surface area contributed by atoms with E-state index in [4.69, 9.17) is 5.11 Å². The first-order chi connectivity index (χ1) is 9.85. The van der Waals surface area contributed by atoms with Crippen LogP contribution in [0, 0.1) is 12.7 Å². The molecule has 2 rings (SSSR count). The van der Waals surface area contributed by atoms with Crippen LogP contribution in [0.2, 0.25) is 0 Å². The van der Waals surface area contributed by atoms with Crippen LogP contribution in [0.15, 0.2) is 35.2 Å². The second-order valence-electron chi connectivity index (χ2n) is 4.66. The molecule has 1 aromatic heterocycles. The van der Waals surface area contributed by atoms with Gasteiger partial charge in [-0.3, -0.25) is 0 Å². The van der Waals surface area contributed by atoms with Gasteiger partial charge in [0.05, 0.1) is 11.5 Å². The zero-order valence-electron chi connectivity index (χ0n) is 11.6. The van der Waals surface area contributed by atoms with Gasteiger partial charge >= 0.3 is 0 Å². The largest absolute Gasteiger partial charge is 0.391 e. The average Bonchev–Trinajstić information content (AvgIpc) is 2.81. The maximum Gasteiger partial charge on any atom is 0.242 e. The zero-order valence-corrected chi connectivity index (χ0v) is 13.3. The molecule has 0 bridgehead atoms. The van der Waals surface area contributed by atoms with Gasteiger partial charge in [-0.2, -0.15) is 0 Å². The molecule has 1 atom stereocenters. The maximum absolute atomic E-state index is 13.7. The molecule has 0 spiro atoms.